The minimum Gasteiger partial charge on any atom is -0.480 e. The summed E-state index contributed by atoms with van der Waals surface area (Å²) in [5, 5.41) is 17.6. The van der Waals surface area contributed by atoms with Crippen LogP contribution in [0.1, 0.15) is 12.8 Å². The molecule has 1 unspecified atom stereocenters. The van der Waals surface area contributed by atoms with Crippen molar-refractivity contribution < 1.29 is 18.3 Å². The Hall–Kier alpha value is -1.45. The SMILES string of the molecule is O=C(O)CNCC1CCCN(S(=O)(=O)c2ccn[nH]2)C1. The number of piperidine rings is 1. The van der Waals surface area contributed by atoms with Gasteiger partial charge in [0.1, 0.15) is 0 Å². The molecule has 1 saturated heterocycles. The quantitative estimate of drug-likeness (QED) is 0.651. The van der Waals surface area contributed by atoms with Gasteiger partial charge in [0.05, 0.1) is 12.7 Å². The van der Waals surface area contributed by atoms with Gasteiger partial charge in [-0.2, -0.15) is 9.40 Å². The lowest BCUT2D eigenvalue weighted by molar-refractivity contribution is -0.136. The second-order valence-corrected chi connectivity index (χ2v) is 6.72. The van der Waals surface area contributed by atoms with Gasteiger partial charge in [-0.25, -0.2) is 8.42 Å². The number of aromatic amines is 1. The summed E-state index contributed by atoms with van der Waals surface area (Å²) in [4.78, 5) is 10.4. The lowest BCUT2D eigenvalue weighted by Crippen LogP contribution is -2.43. The van der Waals surface area contributed by atoms with Crippen LogP contribution in [0.4, 0.5) is 0 Å². The van der Waals surface area contributed by atoms with E-state index in [-0.39, 0.29) is 17.5 Å². The largest absolute Gasteiger partial charge is 0.480 e. The Bertz CT molecular complexity index is 543. The molecule has 0 aromatic carbocycles. The second kappa shape index (κ2) is 6.33. The van der Waals surface area contributed by atoms with E-state index in [2.05, 4.69) is 15.5 Å². The number of hydrogen-bond acceptors (Lipinski definition) is 5. The van der Waals surface area contributed by atoms with Crippen molar-refractivity contribution in [3.05, 3.63) is 12.3 Å². The molecule has 0 amide bonds. The van der Waals surface area contributed by atoms with E-state index in [9.17, 15) is 13.2 Å². The first-order valence-electron chi connectivity index (χ1n) is 6.42. The van der Waals surface area contributed by atoms with Gasteiger partial charge < -0.3 is 10.4 Å². The van der Waals surface area contributed by atoms with Crippen LogP contribution in [0, 0.1) is 5.92 Å². The third kappa shape index (κ3) is 3.56. The number of carbonyl (C=O) groups is 1. The zero-order chi connectivity index (χ0) is 14.6. The van der Waals surface area contributed by atoms with Crippen molar-refractivity contribution in [3.63, 3.8) is 0 Å². The van der Waals surface area contributed by atoms with Gasteiger partial charge in [0.2, 0.25) is 0 Å². The fraction of sp³-hybridized carbons (Fsp3) is 0.636. The first kappa shape index (κ1) is 14.9. The molecule has 1 aromatic heterocycles. The lowest BCUT2D eigenvalue weighted by Gasteiger charge is -2.31. The molecule has 1 aliphatic heterocycles. The summed E-state index contributed by atoms with van der Waals surface area (Å²) in [7, 11) is -3.52. The van der Waals surface area contributed by atoms with E-state index < -0.39 is 16.0 Å². The van der Waals surface area contributed by atoms with Gasteiger partial charge in [0, 0.05) is 13.1 Å². The second-order valence-electron chi connectivity index (χ2n) is 4.82. The van der Waals surface area contributed by atoms with Crippen molar-refractivity contribution in [1.29, 1.82) is 0 Å². The third-order valence-electron chi connectivity index (χ3n) is 3.28. The Balaban J connectivity index is 1.95. The third-order valence-corrected chi connectivity index (χ3v) is 5.08. The number of carboxylic acids is 1. The molecular formula is C11H18N4O4S. The molecular weight excluding hydrogens is 284 g/mol. The van der Waals surface area contributed by atoms with Gasteiger partial charge in [-0.15, -0.1) is 0 Å². The number of H-pyrrole nitrogens is 1. The molecule has 0 spiro atoms. The maximum absolute atomic E-state index is 12.3. The van der Waals surface area contributed by atoms with Gasteiger partial charge >= 0.3 is 5.97 Å². The minimum atomic E-state index is -3.52. The predicted octanol–water partition coefficient (Wildman–Crippen LogP) is -0.515. The van der Waals surface area contributed by atoms with E-state index in [0.29, 0.717) is 19.6 Å². The van der Waals surface area contributed by atoms with Crippen molar-refractivity contribution in [2.24, 2.45) is 5.92 Å². The Kier molecular flexibility index (Phi) is 4.73. The fourth-order valence-corrected chi connectivity index (χ4v) is 3.78. The molecule has 0 radical (unpaired) electrons. The molecule has 1 aliphatic rings. The standard InChI is InChI=1S/C11H18N4O4S/c16-11(17)7-12-6-9-2-1-5-15(8-9)20(18,19)10-3-4-13-14-10/h3-4,9,12H,1-2,5-8H2,(H,13,14)(H,16,17). The average Bonchev–Trinajstić information content (AvgIpc) is 2.93. The highest BCUT2D eigenvalue weighted by Gasteiger charge is 2.30. The highest BCUT2D eigenvalue weighted by atomic mass is 32.2. The number of sulfonamides is 1. The minimum absolute atomic E-state index is 0.0941. The average molecular weight is 302 g/mol. The van der Waals surface area contributed by atoms with Crippen LogP contribution in [0.15, 0.2) is 17.3 Å². The van der Waals surface area contributed by atoms with Crippen LogP contribution in [0.5, 0.6) is 0 Å². The zero-order valence-electron chi connectivity index (χ0n) is 10.9. The number of aliphatic carboxylic acids is 1. The van der Waals surface area contributed by atoms with Crippen molar-refractivity contribution in [3.8, 4) is 0 Å². The first-order chi connectivity index (χ1) is 9.50. The Morgan fingerprint density at radius 3 is 3.05 bits per heavy atom. The van der Waals surface area contributed by atoms with Crippen molar-refractivity contribution >= 4 is 16.0 Å². The number of nitrogens with one attached hydrogen (secondary N) is 2. The smallest absolute Gasteiger partial charge is 0.317 e. The molecule has 20 heavy (non-hydrogen) atoms. The van der Waals surface area contributed by atoms with Gasteiger partial charge in [0.15, 0.2) is 5.03 Å². The predicted molar refractivity (Wildman–Crippen MR) is 70.6 cm³/mol. The van der Waals surface area contributed by atoms with Gasteiger partial charge in [-0.05, 0) is 31.4 Å². The summed E-state index contributed by atoms with van der Waals surface area (Å²) in [6, 6.07) is 1.43. The van der Waals surface area contributed by atoms with Crippen LogP contribution in [-0.4, -0.2) is 60.2 Å². The Labute approximate surface area is 117 Å². The molecule has 1 fully saturated rings. The van der Waals surface area contributed by atoms with E-state index in [4.69, 9.17) is 5.11 Å². The van der Waals surface area contributed by atoms with Gasteiger partial charge in [-0.3, -0.25) is 9.89 Å². The number of hydrogen-bond donors (Lipinski definition) is 3. The Morgan fingerprint density at radius 2 is 2.40 bits per heavy atom. The maximum Gasteiger partial charge on any atom is 0.317 e. The number of aromatic nitrogens is 2. The molecule has 0 saturated carbocycles. The van der Waals surface area contributed by atoms with Crippen molar-refractivity contribution in [2.75, 3.05) is 26.2 Å². The van der Waals surface area contributed by atoms with Crippen LogP contribution in [0.25, 0.3) is 0 Å². The zero-order valence-corrected chi connectivity index (χ0v) is 11.8. The van der Waals surface area contributed by atoms with Crippen molar-refractivity contribution in [2.45, 2.75) is 17.9 Å². The molecule has 1 atom stereocenters. The molecule has 8 nitrogen and oxygen atoms in total. The molecule has 2 heterocycles. The van der Waals surface area contributed by atoms with Crippen LogP contribution in [0.2, 0.25) is 0 Å². The van der Waals surface area contributed by atoms with Crippen molar-refractivity contribution in [1.82, 2.24) is 19.8 Å². The summed E-state index contributed by atoms with van der Waals surface area (Å²) in [6.07, 6.45) is 3.07. The molecule has 0 bridgehead atoms. The number of nitrogens with zero attached hydrogens (tertiary/aromatic N) is 2. The molecule has 1 aromatic rings. The van der Waals surface area contributed by atoms with Crippen LogP contribution in [0.3, 0.4) is 0 Å². The highest BCUT2D eigenvalue weighted by Crippen LogP contribution is 2.22. The summed E-state index contributed by atoms with van der Waals surface area (Å²) >= 11 is 0. The van der Waals surface area contributed by atoms with Crippen LogP contribution < -0.4 is 5.32 Å². The molecule has 3 N–H and O–H groups in total. The summed E-state index contributed by atoms with van der Waals surface area (Å²) in [6.45, 7) is 1.27. The molecule has 112 valence electrons. The maximum atomic E-state index is 12.3. The van der Waals surface area contributed by atoms with Gasteiger partial charge in [0.25, 0.3) is 10.0 Å². The van der Waals surface area contributed by atoms with Gasteiger partial charge in [-0.1, -0.05) is 0 Å². The van der Waals surface area contributed by atoms with Crippen LogP contribution in [-0.2, 0) is 14.8 Å². The summed E-state index contributed by atoms with van der Waals surface area (Å²) < 4.78 is 26.1. The monoisotopic (exact) mass is 302 g/mol. The summed E-state index contributed by atoms with van der Waals surface area (Å²) in [5.74, 6) is -0.788. The molecule has 2 rings (SSSR count). The van der Waals surface area contributed by atoms with E-state index >= 15 is 0 Å². The van der Waals surface area contributed by atoms with E-state index in [1.807, 2.05) is 0 Å². The van der Waals surface area contributed by atoms with E-state index in [1.54, 1.807) is 0 Å². The molecule has 0 aliphatic carbocycles. The van der Waals surface area contributed by atoms with E-state index in [1.165, 1.54) is 16.6 Å². The fourth-order valence-electron chi connectivity index (χ4n) is 2.32. The number of carboxylic acid groups (broad SMARTS) is 1. The Morgan fingerprint density at radius 1 is 1.60 bits per heavy atom. The lowest BCUT2D eigenvalue weighted by atomic mass is 10.00. The normalized spacial score (nSPS) is 20.9. The molecule has 9 heteroatoms. The van der Waals surface area contributed by atoms with Crippen LogP contribution >= 0.6 is 0 Å². The summed E-state index contributed by atoms with van der Waals surface area (Å²) in [5.41, 5.74) is 0. The van der Waals surface area contributed by atoms with E-state index in [0.717, 1.165) is 12.8 Å². The highest BCUT2D eigenvalue weighted by molar-refractivity contribution is 7.89. The topological polar surface area (TPSA) is 115 Å². The number of rotatable bonds is 6. The first-order valence-corrected chi connectivity index (χ1v) is 7.86.